The molecule has 2 amide bonds. The van der Waals surface area contributed by atoms with E-state index in [1.165, 1.54) is 10.8 Å². The minimum Gasteiger partial charge on any atom is -0.379 e. The molecule has 0 saturated carbocycles. The fourth-order valence-electron chi connectivity index (χ4n) is 4.58. The second-order valence-corrected chi connectivity index (χ2v) is 9.06. The molecule has 0 aliphatic carbocycles. The maximum Gasteiger partial charge on any atom is 0.329 e. The summed E-state index contributed by atoms with van der Waals surface area (Å²) in [6.07, 6.45) is 5.94. The van der Waals surface area contributed by atoms with Gasteiger partial charge in [0.15, 0.2) is 6.29 Å². The SMILES string of the molecule is Cn1c(=O)n(C2CCC(=O)NC2=O)c2cccc(CCCOCCOCCOCCn3cc(C=O)cn3)c21. The van der Waals surface area contributed by atoms with Crippen LogP contribution < -0.4 is 11.0 Å². The van der Waals surface area contributed by atoms with Crippen LogP contribution in [0.4, 0.5) is 0 Å². The summed E-state index contributed by atoms with van der Waals surface area (Å²) in [6, 6.07) is 5.00. The van der Waals surface area contributed by atoms with E-state index < -0.39 is 11.9 Å². The molecule has 1 aliphatic rings. The number of carbonyl (C=O) groups is 3. The first-order valence-electron chi connectivity index (χ1n) is 12.7. The Bertz CT molecular complexity index is 1330. The van der Waals surface area contributed by atoms with E-state index in [-0.39, 0.29) is 18.0 Å². The number of amides is 2. The van der Waals surface area contributed by atoms with Crippen molar-refractivity contribution >= 4 is 29.1 Å². The number of aromatic nitrogens is 4. The summed E-state index contributed by atoms with van der Waals surface area (Å²) < 4.78 is 21.4. The van der Waals surface area contributed by atoms with Crippen LogP contribution in [0.5, 0.6) is 0 Å². The number of piperidine rings is 1. The van der Waals surface area contributed by atoms with Gasteiger partial charge >= 0.3 is 5.69 Å². The van der Waals surface area contributed by atoms with E-state index in [1.54, 1.807) is 22.5 Å². The van der Waals surface area contributed by atoms with Gasteiger partial charge in [-0.2, -0.15) is 5.10 Å². The highest BCUT2D eigenvalue weighted by Crippen LogP contribution is 2.25. The van der Waals surface area contributed by atoms with Crippen LogP contribution in [0, 0.1) is 0 Å². The molecule has 2 aromatic heterocycles. The van der Waals surface area contributed by atoms with Gasteiger partial charge in [-0.25, -0.2) is 4.79 Å². The number of fused-ring (bicyclic) bond motifs is 1. The molecule has 3 heterocycles. The van der Waals surface area contributed by atoms with Crippen molar-refractivity contribution in [3.05, 3.63) is 52.2 Å². The summed E-state index contributed by atoms with van der Waals surface area (Å²) in [5.74, 6) is -0.747. The summed E-state index contributed by atoms with van der Waals surface area (Å²) in [5, 5.41) is 6.39. The molecule has 12 nitrogen and oxygen atoms in total. The highest BCUT2D eigenvalue weighted by atomic mass is 16.5. The first-order valence-corrected chi connectivity index (χ1v) is 12.7. The van der Waals surface area contributed by atoms with Gasteiger partial charge in [-0.15, -0.1) is 0 Å². The van der Waals surface area contributed by atoms with Gasteiger partial charge in [0.05, 0.1) is 62.4 Å². The molecule has 204 valence electrons. The number of rotatable bonds is 15. The smallest absolute Gasteiger partial charge is 0.329 e. The van der Waals surface area contributed by atoms with Gasteiger partial charge in [-0.05, 0) is 30.9 Å². The Morgan fingerprint density at radius 3 is 2.50 bits per heavy atom. The normalized spacial score (nSPS) is 15.8. The van der Waals surface area contributed by atoms with Gasteiger partial charge in [-0.1, -0.05) is 12.1 Å². The van der Waals surface area contributed by atoms with Gasteiger partial charge in [0.2, 0.25) is 11.8 Å². The molecule has 4 rings (SSSR count). The molecule has 0 spiro atoms. The molecule has 1 aromatic carbocycles. The van der Waals surface area contributed by atoms with E-state index in [2.05, 4.69) is 10.4 Å². The summed E-state index contributed by atoms with van der Waals surface area (Å²) in [7, 11) is 1.70. The monoisotopic (exact) mass is 527 g/mol. The Kier molecular flexibility index (Phi) is 9.57. The van der Waals surface area contributed by atoms with Crippen LogP contribution in [0.3, 0.4) is 0 Å². The Morgan fingerprint density at radius 2 is 1.79 bits per heavy atom. The van der Waals surface area contributed by atoms with Crippen molar-refractivity contribution in [2.24, 2.45) is 7.05 Å². The molecular weight excluding hydrogens is 494 g/mol. The third kappa shape index (κ3) is 6.63. The zero-order valence-electron chi connectivity index (χ0n) is 21.5. The molecule has 3 aromatic rings. The molecule has 12 heteroatoms. The van der Waals surface area contributed by atoms with Crippen LogP contribution in [0.2, 0.25) is 0 Å². The lowest BCUT2D eigenvalue weighted by atomic mass is 10.0. The second kappa shape index (κ2) is 13.3. The van der Waals surface area contributed by atoms with Gasteiger partial charge in [0.1, 0.15) is 6.04 Å². The Labute approximate surface area is 219 Å². The molecule has 38 heavy (non-hydrogen) atoms. The molecule has 0 radical (unpaired) electrons. The minimum absolute atomic E-state index is 0.212. The lowest BCUT2D eigenvalue weighted by Crippen LogP contribution is -2.44. The number of imide groups is 1. The molecular formula is C26H33N5O7. The lowest BCUT2D eigenvalue weighted by Gasteiger charge is -2.21. The Balaban J connectivity index is 1.15. The first-order chi connectivity index (χ1) is 18.5. The van der Waals surface area contributed by atoms with Crippen molar-refractivity contribution in [3.8, 4) is 0 Å². The lowest BCUT2D eigenvalue weighted by molar-refractivity contribution is -0.135. The van der Waals surface area contributed by atoms with Crippen LogP contribution in [-0.4, -0.2) is 76.7 Å². The number of nitrogens with one attached hydrogen (secondary N) is 1. The Hall–Kier alpha value is -3.61. The van der Waals surface area contributed by atoms with Crippen LogP contribution >= 0.6 is 0 Å². The van der Waals surface area contributed by atoms with Gasteiger partial charge in [0.25, 0.3) is 0 Å². The van der Waals surface area contributed by atoms with Crippen LogP contribution in [0.15, 0.2) is 35.4 Å². The van der Waals surface area contributed by atoms with Gasteiger partial charge in [0, 0.05) is 26.3 Å². The highest BCUT2D eigenvalue weighted by molar-refractivity contribution is 6.00. The topological polar surface area (TPSA) is 136 Å². The molecule has 1 unspecified atom stereocenters. The highest BCUT2D eigenvalue weighted by Gasteiger charge is 2.31. The number of hydrogen-bond acceptors (Lipinski definition) is 8. The minimum atomic E-state index is -0.694. The summed E-state index contributed by atoms with van der Waals surface area (Å²) >= 11 is 0. The molecule has 1 N–H and O–H groups in total. The van der Waals surface area contributed by atoms with Crippen LogP contribution in [0.25, 0.3) is 11.0 Å². The number of carbonyl (C=O) groups excluding carboxylic acids is 3. The third-order valence-electron chi connectivity index (χ3n) is 6.44. The molecule has 1 aliphatic heterocycles. The van der Waals surface area contributed by atoms with E-state index in [1.807, 2.05) is 18.2 Å². The van der Waals surface area contributed by atoms with E-state index >= 15 is 0 Å². The van der Waals surface area contributed by atoms with Crippen LogP contribution in [0.1, 0.15) is 41.2 Å². The predicted octanol–water partition coefficient (Wildman–Crippen LogP) is 1.01. The fraction of sp³-hybridized carbons (Fsp3) is 0.500. The Morgan fingerprint density at radius 1 is 1.05 bits per heavy atom. The number of ether oxygens (including phenoxy) is 3. The largest absolute Gasteiger partial charge is 0.379 e. The predicted molar refractivity (Wildman–Crippen MR) is 137 cm³/mol. The van der Waals surface area contributed by atoms with Crippen LogP contribution in [-0.2, 0) is 43.8 Å². The molecule has 1 atom stereocenters. The van der Waals surface area contributed by atoms with Crippen molar-refractivity contribution in [3.63, 3.8) is 0 Å². The van der Waals surface area contributed by atoms with Crippen molar-refractivity contribution in [1.82, 2.24) is 24.2 Å². The maximum atomic E-state index is 13.0. The van der Waals surface area contributed by atoms with E-state index in [9.17, 15) is 19.2 Å². The number of aryl methyl sites for hydroxylation is 2. The first kappa shape index (κ1) is 27.4. The standard InChI is InChI=1S/C26H33N5O7/c1-29-24-20(4-2-6-21(24)31(26(29)35)22-7-8-23(33)28-25(22)34)5-3-10-36-12-14-38-15-13-37-11-9-30-17-19(18-32)16-27-30/h2,4,6,16-18,22H,3,5,7-15H2,1H3,(H,28,33,34). The van der Waals surface area contributed by atoms with E-state index in [0.29, 0.717) is 70.1 Å². The number of imidazole rings is 1. The quantitative estimate of drug-likeness (QED) is 0.176. The van der Waals surface area contributed by atoms with Crippen molar-refractivity contribution in [2.45, 2.75) is 38.3 Å². The number of hydrogen-bond donors (Lipinski definition) is 1. The zero-order chi connectivity index (χ0) is 26.9. The molecule has 1 saturated heterocycles. The molecule has 0 bridgehead atoms. The average molecular weight is 528 g/mol. The fourth-order valence-corrected chi connectivity index (χ4v) is 4.58. The number of benzene rings is 1. The van der Waals surface area contributed by atoms with E-state index in [0.717, 1.165) is 23.8 Å². The average Bonchev–Trinajstić information content (AvgIpc) is 3.47. The van der Waals surface area contributed by atoms with Crippen molar-refractivity contribution < 1.29 is 28.6 Å². The number of aldehydes is 1. The van der Waals surface area contributed by atoms with E-state index in [4.69, 9.17) is 14.2 Å². The zero-order valence-corrected chi connectivity index (χ0v) is 21.5. The maximum absolute atomic E-state index is 13.0. The number of nitrogens with zero attached hydrogens (tertiary/aromatic N) is 4. The van der Waals surface area contributed by atoms with Crippen molar-refractivity contribution in [1.29, 1.82) is 0 Å². The summed E-state index contributed by atoms with van der Waals surface area (Å²) in [5.41, 5.74) is 2.76. The summed E-state index contributed by atoms with van der Waals surface area (Å²) in [4.78, 5) is 47.6. The molecule has 1 fully saturated rings. The number of para-hydroxylation sites is 1. The van der Waals surface area contributed by atoms with Gasteiger partial charge in [-0.3, -0.25) is 33.5 Å². The van der Waals surface area contributed by atoms with Gasteiger partial charge < -0.3 is 14.2 Å². The van der Waals surface area contributed by atoms with Crippen molar-refractivity contribution in [2.75, 3.05) is 39.6 Å². The summed E-state index contributed by atoms with van der Waals surface area (Å²) in [6.45, 7) is 3.45. The third-order valence-corrected chi connectivity index (χ3v) is 6.44. The second-order valence-electron chi connectivity index (χ2n) is 9.06.